The van der Waals surface area contributed by atoms with Crippen molar-refractivity contribution in [2.45, 2.75) is 32.0 Å². The number of furan rings is 1. The van der Waals surface area contributed by atoms with Crippen molar-refractivity contribution in [3.05, 3.63) is 54.3 Å². The zero-order valence-electron chi connectivity index (χ0n) is 16.0. The fraction of sp³-hybridized carbons (Fsp3) is 0.286. The van der Waals surface area contributed by atoms with Crippen LogP contribution in [0, 0.1) is 5.92 Å². The molecule has 28 heavy (non-hydrogen) atoms. The van der Waals surface area contributed by atoms with Gasteiger partial charge in [0.25, 0.3) is 0 Å². The molecule has 4 rings (SSSR count). The fourth-order valence-corrected chi connectivity index (χ4v) is 3.94. The molecular weight excluding hydrogens is 370 g/mol. The molecule has 0 bridgehead atoms. The van der Waals surface area contributed by atoms with Gasteiger partial charge in [0.05, 0.1) is 6.26 Å². The average molecular weight is 394 g/mol. The van der Waals surface area contributed by atoms with Crippen LogP contribution in [0.3, 0.4) is 0 Å². The van der Waals surface area contributed by atoms with Gasteiger partial charge < -0.3 is 14.7 Å². The summed E-state index contributed by atoms with van der Waals surface area (Å²) in [6, 6.07) is 14.2. The molecule has 4 aromatic rings. The van der Waals surface area contributed by atoms with E-state index in [1.165, 1.54) is 5.56 Å². The summed E-state index contributed by atoms with van der Waals surface area (Å²) in [5.41, 5.74) is 8.92. The summed E-state index contributed by atoms with van der Waals surface area (Å²) >= 11 is 1.61. The van der Waals surface area contributed by atoms with Crippen molar-refractivity contribution < 1.29 is 4.42 Å². The molecule has 0 aliphatic carbocycles. The minimum atomic E-state index is 0.405. The number of aromatic nitrogens is 4. The van der Waals surface area contributed by atoms with Crippen LogP contribution < -0.4 is 5.73 Å². The molecule has 6 nitrogen and oxygen atoms in total. The Morgan fingerprint density at radius 2 is 1.89 bits per heavy atom. The van der Waals surface area contributed by atoms with Gasteiger partial charge in [0.15, 0.2) is 33.7 Å². The lowest BCUT2D eigenvalue weighted by Gasteiger charge is -2.10. The number of imidazole rings is 1. The minimum absolute atomic E-state index is 0.405. The van der Waals surface area contributed by atoms with Crippen molar-refractivity contribution >= 4 is 28.7 Å². The van der Waals surface area contributed by atoms with Gasteiger partial charge in [0.1, 0.15) is 0 Å². The van der Waals surface area contributed by atoms with E-state index >= 15 is 0 Å². The van der Waals surface area contributed by atoms with Crippen molar-refractivity contribution in [3.63, 3.8) is 0 Å². The highest BCUT2D eigenvalue weighted by Crippen LogP contribution is 2.29. The molecule has 0 saturated carbocycles. The number of benzene rings is 1. The average Bonchev–Trinajstić information content (AvgIpc) is 3.31. The summed E-state index contributed by atoms with van der Waals surface area (Å²) in [4.78, 5) is 13.9. The molecule has 0 spiro atoms. The van der Waals surface area contributed by atoms with Gasteiger partial charge in [-0.1, -0.05) is 55.9 Å². The van der Waals surface area contributed by atoms with Crippen molar-refractivity contribution in [1.82, 2.24) is 19.5 Å². The van der Waals surface area contributed by atoms with Gasteiger partial charge in [-0.25, -0.2) is 15.0 Å². The minimum Gasteiger partial charge on any atom is -0.461 e. The Kier molecular flexibility index (Phi) is 5.34. The second kappa shape index (κ2) is 8.06. The second-order valence-electron chi connectivity index (χ2n) is 7.06. The van der Waals surface area contributed by atoms with Crippen molar-refractivity contribution in [3.8, 4) is 11.6 Å². The summed E-state index contributed by atoms with van der Waals surface area (Å²) in [6.07, 6.45) is 2.60. The third kappa shape index (κ3) is 3.89. The van der Waals surface area contributed by atoms with E-state index in [-0.39, 0.29) is 0 Å². The summed E-state index contributed by atoms with van der Waals surface area (Å²) in [6.45, 7) is 5.10. The largest absolute Gasteiger partial charge is 0.461 e. The van der Waals surface area contributed by atoms with Gasteiger partial charge >= 0.3 is 0 Å². The zero-order valence-corrected chi connectivity index (χ0v) is 16.8. The lowest BCUT2D eigenvalue weighted by molar-refractivity contribution is 0.519. The first-order chi connectivity index (χ1) is 13.6. The fourth-order valence-electron chi connectivity index (χ4n) is 3.10. The number of nitrogen functional groups attached to an aromatic ring is 1. The molecule has 0 atom stereocenters. The highest BCUT2D eigenvalue weighted by Gasteiger charge is 2.20. The van der Waals surface area contributed by atoms with E-state index in [4.69, 9.17) is 15.1 Å². The Balaban J connectivity index is 1.66. The molecule has 0 aliphatic heterocycles. The van der Waals surface area contributed by atoms with Crippen molar-refractivity contribution in [2.75, 3.05) is 11.5 Å². The van der Waals surface area contributed by atoms with Crippen LogP contribution in [-0.4, -0.2) is 25.3 Å². The Morgan fingerprint density at radius 1 is 1.07 bits per heavy atom. The maximum atomic E-state index is 6.24. The third-order valence-corrected chi connectivity index (χ3v) is 5.20. The summed E-state index contributed by atoms with van der Waals surface area (Å²) in [5.74, 6) is 3.16. The van der Waals surface area contributed by atoms with E-state index in [0.29, 0.717) is 28.2 Å². The molecule has 0 fully saturated rings. The number of rotatable bonds is 7. The van der Waals surface area contributed by atoms with E-state index in [2.05, 4.69) is 52.6 Å². The van der Waals surface area contributed by atoms with Crippen LogP contribution in [0.1, 0.15) is 19.4 Å². The number of aryl methyl sites for hydroxylation is 1. The standard InChI is InChI=1S/C21H23N5OS/c1-14(2)13-26-19(16-9-6-11-27-16)23-17-18(22)24-21(25-20(17)26)28-12-10-15-7-4-3-5-8-15/h3-9,11,14H,10,12-13H2,1-2H3,(H2,22,24,25). The molecule has 3 aromatic heterocycles. The van der Waals surface area contributed by atoms with Crippen molar-refractivity contribution in [2.24, 2.45) is 5.92 Å². The van der Waals surface area contributed by atoms with Crippen LogP contribution in [0.5, 0.6) is 0 Å². The first kappa shape index (κ1) is 18.6. The normalized spacial score (nSPS) is 11.5. The van der Waals surface area contributed by atoms with E-state index < -0.39 is 0 Å². The molecule has 2 N–H and O–H groups in total. The van der Waals surface area contributed by atoms with Crippen LogP contribution in [0.25, 0.3) is 22.7 Å². The summed E-state index contributed by atoms with van der Waals surface area (Å²) < 4.78 is 7.66. The number of hydrogen-bond acceptors (Lipinski definition) is 6. The Morgan fingerprint density at radius 3 is 2.61 bits per heavy atom. The van der Waals surface area contributed by atoms with E-state index in [1.807, 2.05) is 18.2 Å². The van der Waals surface area contributed by atoms with E-state index in [0.717, 1.165) is 30.2 Å². The molecule has 0 radical (unpaired) electrons. The lowest BCUT2D eigenvalue weighted by atomic mass is 10.2. The number of nitrogens with zero attached hydrogens (tertiary/aromatic N) is 4. The molecule has 0 unspecified atom stereocenters. The number of thioether (sulfide) groups is 1. The van der Waals surface area contributed by atoms with Gasteiger partial charge in [-0.05, 0) is 30.0 Å². The first-order valence-electron chi connectivity index (χ1n) is 9.36. The number of anilines is 1. The first-order valence-corrected chi connectivity index (χ1v) is 10.3. The number of nitrogens with two attached hydrogens (primary N) is 1. The molecular formula is C21H23N5OS. The molecule has 144 valence electrons. The van der Waals surface area contributed by atoms with Gasteiger partial charge in [-0.15, -0.1) is 0 Å². The molecule has 0 amide bonds. The van der Waals surface area contributed by atoms with E-state index in [9.17, 15) is 0 Å². The molecule has 7 heteroatoms. The monoisotopic (exact) mass is 393 g/mol. The second-order valence-corrected chi connectivity index (χ2v) is 8.13. The van der Waals surface area contributed by atoms with Gasteiger partial charge in [0.2, 0.25) is 0 Å². The van der Waals surface area contributed by atoms with Crippen LogP contribution in [0.4, 0.5) is 5.82 Å². The Bertz CT molecular complexity index is 1060. The molecule has 1 aromatic carbocycles. The molecule has 0 aliphatic rings. The molecule has 3 heterocycles. The highest BCUT2D eigenvalue weighted by molar-refractivity contribution is 7.99. The van der Waals surface area contributed by atoms with Crippen molar-refractivity contribution in [1.29, 1.82) is 0 Å². The number of fused-ring (bicyclic) bond motifs is 1. The smallest absolute Gasteiger partial charge is 0.191 e. The van der Waals surface area contributed by atoms with Crippen LogP contribution in [-0.2, 0) is 13.0 Å². The highest BCUT2D eigenvalue weighted by atomic mass is 32.2. The quantitative estimate of drug-likeness (QED) is 0.363. The maximum absolute atomic E-state index is 6.24. The predicted molar refractivity (Wildman–Crippen MR) is 113 cm³/mol. The molecule has 0 saturated heterocycles. The van der Waals surface area contributed by atoms with E-state index in [1.54, 1.807) is 18.0 Å². The number of hydrogen-bond donors (Lipinski definition) is 1. The Hall–Kier alpha value is -2.80. The van der Waals surface area contributed by atoms with Crippen LogP contribution in [0.2, 0.25) is 0 Å². The third-order valence-electron chi connectivity index (χ3n) is 4.36. The lowest BCUT2D eigenvalue weighted by Crippen LogP contribution is -2.07. The SMILES string of the molecule is CC(C)Cn1c(-c2ccco2)nc2c(N)nc(SCCc3ccccc3)nc21. The topological polar surface area (TPSA) is 82.8 Å². The summed E-state index contributed by atoms with van der Waals surface area (Å²) in [7, 11) is 0. The van der Waals surface area contributed by atoms with Crippen LogP contribution >= 0.6 is 11.8 Å². The maximum Gasteiger partial charge on any atom is 0.191 e. The van der Waals surface area contributed by atoms with Crippen LogP contribution in [0.15, 0.2) is 58.3 Å². The predicted octanol–water partition coefficient (Wildman–Crippen LogP) is 4.66. The Labute approximate surface area is 168 Å². The summed E-state index contributed by atoms with van der Waals surface area (Å²) in [5, 5.41) is 0.678. The van der Waals surface area contributed by atoms with Gasteiger partial charge in [-0.2, -0.15) is 0 Å². The van der Waals surface area contributed by atoms with Gasteiger partial charge in [-0.3, -0.25) is 0 Å². The zero-order chi connectivity index (χ0) is 19.5. The van der Waals surface area contributed by atoms with Gasteiger partial charge in [0, 0.05) is 12.3 Å².